The van der Waals surface area contributed by atoms with Gasteiger partial charge in [-0.15, -0.1) is 0 Å². The summed E-state index contributed by atoms with van der Waals surface area (Å²) in [6, 6.07) is 12.0. The maximum absolute atomic E-state index is 13.4. The van der Waals surface area contributed by atoms with Crippen molar-refractivity contribution in [3.05, 3.63) is 69.8 Å². The van der Waals surface area contributed by atoms with Gasteiger partial charge in [0.25, 0.3) is 0 Å². The molecule has 1 unspecified atom stereocenters. The highest BCUT2D eigenvalue weighted by Gasteiger charge is 2.33. The van der Waals surface area contributed by atoms with Gasteiger partial charge in [0.15, 0.2) is 5.65 Å². The summed E-state index contributed by atoms with van der Waals surface area (Å²) < 4.78 is 42.0. The standard InChI is InChI=1S/C31H33Cl2F3N8O/c32-23-13-20(31(34,35)36)14-24(33)26(23)41-30-40-25-15-38-29(42-28(25)44(30)22-10-8-19(9-11-22)27(37)45)39-21-7-4-12-43(17-21)16-18-5-2-1-3-6-18/h1-3,5-6,13-15,19,21-22H,4,7-12,16-17H2,(H2,37,45)(H,40,41)(H,38,39,42). The molecule has 0 spiro atoms. The van der Waals surface area contributed by atoms with Crippen molar-refractivity contribution in [2.45, 2.75) is 63.3 Å². The second-order valence-electron chi connectivity index (χ2n) is 11.8. The van der Waals surface area contributed by atoms with Crippen molar-refractivity contribution in [3.8, 4) is 0 Å². The van der Waals surface area contributed by atoms with Crippen molar-refractivity contribution >= 4 is 57.9 Å². The van der Waals surface area contributed by atoms with E-state index in [1.807, 2.05) is 22.8 Å². The minimum Gasteiger partial charge on any atom is -0.369 e. The molecule has 2 fully saturated rings. The van der Waals surface area contributed by atoms with E-state index in [2.05, 4.69) is 32.7 Å². The molecule has 9 nitrogen and oxygen atoms in total. The third-order valence-electron chi connectivity index (χ3n) is 8.59. The third kappa shape index (κ3) is 7.13. The van der Waals surface area contributed by atoms with Crippen LogP contribution >= 0.6 is 23.2 Å². The van der Waals surface area contributed by atoms with E-state index < -0.39 is 11.7 Å². The zero-order chi connectivity index (χ0) is 31.7. The number of alkyl halides is 3. The smallest absolute Gasteiger partial charge is 0.369 e. The highest BCUT2D eigenvalue weighted by Crippen LogP contribution is 2.42. The lowest BCUT2D eigenvalue weighted by molar-refractivity contribution is -0.137. The van der Waals surface area contributed by atoms with Gasteiger partial charge in [0, 0.05) is 31.1 Å². The van der Waals surface area contributed by atoms with Crippen molar-refractivity contribution in [2.75, 3.05) is 23.7 Å². The molecule has 6 rings (SSSR count). The molecule has 14 heteroatoms. The normalized spacial score (nSPS) is 21.1. The topological polar surface area (TPSA) is 114 Å². The molecule has 2 aromatic carbocycles. The molecule has 1 saturated heterocycles. The van der Waals surface area contributed by atoms with Gasteiger partial charge in [-0.05, 0) is 62.8 Å². The quantitative estimate of drug-likeness (QED) is 0.183. The van der Waals surface area contributed by atoms with E-state index in [1.165, 1.54) is 5.56 Å². The van der Waals surface area contributed by atoms with Crippen LogP contribution in [0, 0.1) is 5.92 Å². The predicted octanol–water partition coefficient (Wildman–Crippen LogP) is 7.19. The van der Waals surface area contributed by atoms with E-state index in [4.69, 9.17) is 38.9 Å². The SMILES string of the molecule is NC(=O)C1CCC(n2c(Nc3c(Cl)cc(C(F)(F)F)cc3Cl)nc3cnc(NC4CCCN(Cc5ccccc5)C4)nc32)CC1. The van der Waals surface area contributed by atoms with Crippen LogP contribution in [-0.2, 0) is 17.5 Å². The minimum atomic E-state index is -4.60. The van der Waals surface area contributed by atoms with E-state index >= 15 is 0 Å². The summed E-state index contributed by atoms with van der Waals surface area (Å²) in [5.74, 6) is 0.226. The number of nitrogens with zero attached hydrogens (tertiary/aromatic N) is 5. The number of carbonyl (C=O) groups excluding carboxylic acids is 1. The Kier molecular flexibility index (Phi) is 9.07. The molecule has 0 bridgehead atoms. The predicted molar refractivity (Wildman–Crippen MR) is 169 cm³/mol. The van der Waals surface area contributed by atoms with Crippen LogP contribution in [-0.4, -0.2) is 49.5 Å². The largest absolute Gasteiger partial charge is 0.416 e. The lowest BCUT2D eigenvalue weighted by Gasteiger charge is -2.33. The van der Waals surface area contributed by atoms with Gasteiger partial charge in [-0.3, -0.25) is 14.3 Å². The number of nitrogens with two attached hydrogens (primary N) is 1. The van der Waals surface area contributed by atoms with Crippen LogP contribution in [0.2, 0.25) is 10.0 Å². The fourth-order valence-corrected chi connectivity index (χ4v) is 6.90. The molecule has 4 aromatic rings. The number of halogens is 5. The van der Waals surface area contributed by atoms with Crippen LogP contribution in [0.4, 0.5) is 30.8 Å². The number of rotatable bonds is 8. The van der Waals surface area contributed by atoms with Gasteiger partial charge in [-0.25, -0.2) is 9.97 Å². The molecule has 1 saturated carbocycles. The van der Waals surface area contributed by atoms with Gasteiger partial charge in [0.05, 0.1) is 27.5 Å². The van der Waals surface area contributed by atoms with Crippen LogP contribution in [0.3, 0.4) is 0 Å². The number of nitrogens with one attached hydrogen (secondary N) is 2. The molecule has 1 aliphatic carbocycles. The van der Waals surface area contributed by atoms with Crippen molar-refractivity contribution in [1.82, 2.24) is 24.4 Å². The number of benzene rings is 2. The summed E-state index contributed by atoms with van der Waals surface area (Å²) in [5.41, 5.74) is 7.03. The number of carbonyl (C=O) groups is 1. The Morgan fingerprint density at radius 2 is 1.73 bits per heavy atom. The van der Waals surface area contributed by atoms with Crippen LogP contribution in [0.5, 0.6) is 0 Å². The molecule has 2 aromatic heterocycles. The number of amides is 1. The molecule has 0 radical (unpaired) electrons. The van der Waals surface area contributed by atoms with E-state index in [9.17, 15) is 18.0 Å². The minimum absolute atomic E-state index is 0.0979. The Balaban J connectivity index is 1.29. The summed E-state index contributed by atoms with van der Waals surface area (Å²) in [7, 11) is 0. The van der Waals surface area contributed by atoms with Gasteiger partial charge in [0.2, 0.25) is 17.8 Å². The third-order valence-corrected chi connectivity index (χ3v) is 9.19. The maximum Gasteiger partial charge on any atom is 0.416 e. The van der Waals surface area contributed by atoms with Crippen molar-refractivity contribution < 1.29 is 18.0 Å². The molecule has 1 amide bonds. The van der Waals surface area contributed by atoms with Crippen molar-refractivity contribution in [3.63, 3.8) is 0 Å². The van der Waals surface area contributed by atoms with Crippen LogP contribution in [0.25, 0.3) is 11.2 Å². The number of hydrogen-bond donors (Lipinski definition) is 3. The highest BCUT2D eigenvalue weighted by molar-refractivity contribution is 6.39. The Hall–Kier alpha value is -3.61. The zero-order valence-corrected chi connectivity index (χ0v) is 25.8. The number of likely N-dealkylation sites (tertiary alicyclic amines) is 1. The average Bonchev–Trinajstić information content (AvgIpc) is 3.36. The number of hydrogen-bond acceptors (Lipinski definition) is 7. The van der Waals surface area contributed by atoms with Gasteiger partial charge < -0.3 is 16.4 Å². The molecular weight excluding hydrogens is 628 g/mol. The number of anilines is 3. The zero-order valence-electron chi connectivity index (χ0n) is 24.3. The lowest BCUT2D eigenvalue weighted by Crippen LogP contribution is -2.41. The molecular formula is C31H33Cl2F3N8O. The molecule has 4 N–H and O–H groups in total. The monoisotopic (exact) mass is 660 g/mol. The van der Waals surface area contributed by atoms with Crippen LogP contribution in [0.1, 0.15) is 55.7 Å². The number of imidazole rings is 1. The second-order valence-corrected chi connectivity index (χ2v) is 12.6. The molecule has 3 heterocycles. The molecule has 1 aliphatic heterocycles. The Bertz CT molecular complexity index is 1650. The summed E-state index contributed by atoms with van der Waals surface area (Å²) >= 11 is 12.6. The molecule has 2 aliphatic rings. The molecule has 1 atom stereocenters. The lowest BCUT2D eigenvalue weighted by atomic mass is 9.85. The molecule has 45 heavy (non-hydrogen) atoms. The van der Waals surface area contributed by atoms with E-state index in [0.29, 0.717) is 48.7 Å². The van der Waals surface area contributed by atoms with Gasteiger partial charge in [-0.1, -0.05) is 53.5 Å². The van der Waals surface area contributed by atoms with Gasteiger partial charge >= 0.3 is 6.18 Å². The summed E-state index contributed by atoms with van der Waals surface area (Å²) in [6.07, 6.45) is 1.48. The second kappa shape index (κ2) is 13.0. The fraction of sp³-hybridized carbons (Fsp3) is 0.419. The van der Waals surface area contributed by atoms with E-state index in [1.54, 1.807) is 6.20 Å². The first-order valence-electron chi connectivity index (χ1n) is 15.0. The van der Waals surface area contributed by atoms with E-state index in [-0.39, 0.29) is 39.6 Å². The first-order valence-corrected chi connectivity index (χ1v) is 15.7. The van der Waals surface area contributed by atoms with Crippen molar-refractivity contribution in [1.29, 1.82) is 0 Å². The van der Waals surface area contributed by atoms with Gasteiger partial charge in [-0.2, -0.15) is 18.2 Å². The number of fused-ring (bicyclic) bond motifs is 1. The Labute approximate surface area is 268 Å². The van der Waals surface area contributed by atoms with Crippen LogP contribution in [0.15, 0.2) is 48.7 Å². The number of primary amides is 1. The van der Waals surface area contributed by atoms with Gasteiger partial charge in [0.1, 0.15) is 5.52 Å². The Morgan fingerprint density at radius 1 is 1.02 bits per heavy atom. The summed E-state index contributed by atoms with van der Waals surface area (Å²) in [4.78, 5) is 28.4. The fourth-order valence-electron chi connectivity index (χ4n) is 6.32. The summed E-state index contributed by atoms with van der Waals surface area (Å²) in [5, 5.41) is 6.18. The van der Waals surface area contributed by atoms with E-state index in [0.717, 1.165) is 44.6 Å². The highest BCUT2D eigenvalue weighted by atomic mass is 35.5. The van der Waals surface area contributed by atoms with Crippen LogP contribution < -0.4 is 16.4 Å². The first-order chi connectivity index (χ1) is 21.5. The van der Waals surface area contributed by atoms with Crippen molar-refractivity contribution in [2.24, 2.45) is 11.7 Å². The average molecular weight is 662 g/mol. The summed E-state index contributed by atoms with van der Waals surface area (Å²) in [6.45, 7) is 2.71. The Morgan fingerprint density at radius 3 is 2.40 bits per heavy atom. The number of aromatic nitrogens is 4. The molecule has 238 valence electrons. The number of piperidine rings is 1. The first kappa shape index (κ1) is 31.4. The maximum atomic E-state index is 13.4.